The van der Waals surface area contributed by atoms with Gasteiger partial charge < -0.3 is 5.73 Å². The second-order valence-corrected chi connectivity index (χ2v) is 3.18. The van der Waals surface area contributed by atoms with E-state index in [0.717, 1.165) is 10.2 Å². The zero-order valence-electron chi connectivity index (χ0n) is 5.36. The van der Waals surface area contributed by atoms with E-state index in [1.165, 1.54) is 0 Å². The average molecular weight is 221 g/mol. The molecular formula is C6H6BrClN2. The molecule has 0 saturated heterocycles. The van der Waals surface area contributed by atoms with Crippen LogP contribution in [0.15, 0.2) is 10.5 Å². The molecule has 0 bridgehead atoms. The lowest BCUT2D eigenvalue weighted by molar-refractivity contribution is 1.19. The van der Waals surface area contributed by atoms with Gasteiger partial charge >= 0.3 is 0 Å². The fourth-order valence-corrected chi connectivity index (χ4v) is 1.18. The molecule has 10 heavy (non-hydrogen) atoms. The van der Waals surface area contributed by atoms with Gasteiger partial charge in [0.05, 0.1) is 10.7 Å². The van der Waals surface area contributed by atoms with Crippen LogP contribution in [0.25, 0.3) is 0 Å². The van der Waals surface area contributed by atoms with Crippen LogP contribution in [0.1, 0.15) is 5.69 Å². The summed E-state index contributed by atoms with van der Waals surface area (Å²) in [5.41, 5.74) is 6.27. The predicted molar refractivity (Wildman–Crippen MR) is 46.1 cm³/mol. The molecule has 0 atom stereocenters. The van der Waals surface area contributed by atoms with E-state index in [0.29, 0.717) is 10.8 Å². The van der Waals surface area contributed by atoms with Gasteiger partial charge in [-0.05, 0) is 28.9 Å². The predicted octanol–water partition coefficient (Wildman–Crippen LogP) is 2.39. The molecule has 0 aliphatic heterocycles. The van der Waals surface area contributed by atoms with Crippen molar-refractivity contribution in [3.8, 4) is 0 Å². The Labute approximate surface area is 72.5 Å². The van der Waals surface area contributed by atoms with Crippen LogP contribution in [-0.4, -0.2) is 4.98 Å². The second kappa shape index (κ2) is 2.76. The minimum Gasteiger partial charge on any atom is -0.382 e. The lowest BCUT2D eigenvalue weighted by atomic mass is 10.4. The Hall–Kier alpha value is -0.280. The second-order valence-electron chi connectivity index (χ2n) is 1.92. The molecule has 0 spiro atoms. The Balaban J connectivity index is 3.28. The molecule has 0 amide bonds. The van der Waals surface area contributed by atoms with E-state index in [1.54, 1.807) is 6.07 Å². The van der Waals surface area contributed by atoms with Gasteiger partial charge in [0.15, 0.2) is 0 Å². The average Bonchev–Trinajstić information content (AvgIpc) is 1.84. The minimum atomic E-state index is 0.377. The summed E-state index contributed by atoms with van der Waals surface area (Å²) in [6.45, 7) is 1.86. The summed E-state index contributed by atoms with van der Waals surface area (Å²) in [5, 5.41) is 0.484. The molecule has 54 valence electrons. The summed E-state index contributed by atoms with van der Waals surface area (Å²) in [5.74, 6) is 0.377. The molecule has 1 aromatic heterocycles. The number of halogens is 2. The van der Waals surface area contributed by atoms with Crippen LogP contribution in [0.3, 0.4) is 0 Å². The number of pyridine rings is 1. The summed E-state index contributed by atoms with van der Waals surface area (Å²) in [7, 11) is 0. The van der Waals surface area contributed by atoms with Crippen molar-refractivity contribution in [1.82, 2.24) is 4.98 Å². The van der Waals surface area contributed by atoms with Crippen LogP contribution in [0.5, 0.6) is 0 Å². The van der Waals surface area contributed by atoms with Gasteiger partial charge in [0.2, 0.25) is 0 Å². The number of nitrogens with zero attached hydrogens (tertiary/aromatic N) is 1. The van der Waals surface area contributed by atoms with Crippen LogP contribution >= 0.6 is 27.5 Å². The van der Waals surface area contributed by atoms with Gasteiger partial charge in [-0.1, -0.05) is 11.6 Å². The third-order valence-corrected chi connectivity index (χ3v) is 2.24. The van der Waals surface area contributed by atoms with E-state index in [1.807, 2.05) is 6.92 Å². The topological polar surface area (TPSA) is 38.9 Å². The molecule has 0 unspecified atom stereocenters. The number of aryl methyl sites for hydroxylation is 1. The number of anilines is 1. The van der Waals surface area contributed by atoms with Gasteiger partial charge in [-0.25, -0.2) is 4.98 Å². The molecule has 0 fully saturated rings. The Morgan fingerprint density at radius 1 is 1.70 bits per heavy atom. The summed E-state index contributed by atoms with van der Waals surface area (Å²) >= 11 is 8.95. The molecule has 1 heterocycles. The van der Waals surface area contributed by atoms with Crippen molar-refractivity contribution in [1.29, 1.82) is 0 Å². The summed E-state index contributed by atoms with van der Waals surface area (Å²) in [6.07, 6.45) is 0. The first-order valence-corrected chi connectivity index (χ1v) is 3.86. The minimum absolute atomic E-state index is 0.377. The third kappa shape index (κ3) is 1.41. The van der Waals surface area contributed by atoms with Crippen molar-refractivity contribution in [2.24, 2.45) is 0 Å². The molecule has 0 aliphatic carbocycles. The number of nitrogens with two attached hydrogens (primary N) is 1. The Morgan fingerprint density at radius 2 is 2.30 bits per heavy atom. The van der Waals surface area contributed by atoms with E-state index >= 15 is 0 Å². The molecule has 0 aliphatic rings. The van der Waals surface area contributed by atoms with Gasteiger partial charge in [0.1, 0.15) is 5.82 Å². The number of aromatic nitrogens is 1. The highest BCUT2D eigenvalue weighted by Crippen LogP contribution is 2.23. The van der Waals surface area contributed by atoms with Gasteiger partial charge in [-0.2, -0.15) is 0 Å². The standard InChI is InChI=1S/C6H6BrClN2/c1-3-4(7)2-5(8)6(9)10-3/h2H,1H3,(H2,9,10). The van der Waals surface area contributed by atoms with Gasteiger partial charge in [0.25, 0.3) is 0 Å². The number of rotatable bonds is 0. The fraction of sp³-hybridized carbons (Fsp3) is 0.167. The van der Waals surface area contributed by atoms with Crippen molar-refractivity contribution < 1.29 is 0 Å². The SMILES string of the molecule is Cc1nc(N)c(Cl)cc1Br. The highest BCUT2D eigenvalue weighted by molar-refractivity contribution is 9.10. The van der Waals surface area contributed by atoms with Gasteiger partial charge in [-0.3, -0.25) is 0 Å². The Bertz CT molecular complexity index is 212. The molecule has 4 heteroatoms. The first-order chi connectivity index (χ1) is 4.61. The number of hydrogen-bond acceptors (Lipinski definition) is 2. The summed E-state index contributed by atoms with van der Waals surface area (Å²) < 4.78 is 0.881. The molecule has 2 nitrogen and oxygen atoms in total. The first-order valence-electron chi connectivity index (χ1n) is 2.69. The van der Waals surface area contributed by atoms with Crippen LogP contribution in [-0.2, 0) is 0 Å². The van der Waals surface area contributed by atoms with Crippen molar-refractivity contribution in [2.75, 3.05) is 5.73 Å². The smallest absolute Gasteiger partial charge is 0.142 e. The zero-order valence-corrected chi connectivity index (χ0v) is 7.70. The molecular weight excluding hydrogens is 215 g/mol. The Morgan fingerprint density at radius 3 is 2.80 bits per heavy atom. The van der Waals surface area contributed by atoms with E-state index in [4.69, 9.17) is 17.3 Å². The summed E-state index contributed by atoms with van der Waals surface area (Å²) in [4.78, 5) is 3.97. The molecule has 0 aromatic carbocycles. The lowest BCUT2D eigenvalue weighted by Gasteiger charge is -1.99. The largest absolute Gasteiger partial charge is 0.382 e. The first kappa shape index (κ1) is 7.82. The van der Waals surface area contributed by atoms with E-state index in [9.17, 15) is 0 Å². The molecule has 0 saturated carbocycles. The van der Waals surface area contributed by atoms with Crippen molar-refractivity contribution in [3.63, 3.8) is 0 Å². The highest BCUT2D eigenvalue weighted by Gasteiger charge is 2.00. The van der Waals surface area contributed by atoms with Crippen LogP contribution in [0.4, 0.5) is 5.82 Å². The fourth-order valence-electron chi connectivity index (χ4n) is 0.577. The van der Waals surface area contributed by atoms with Crippen molar-refractivity contribution in [3.05, 3.63) is 21.3 Å². The maximum atomic E-state index is 5.67. The third-order valence-electron chi connectivity index (χ3n) is 1.13. The van der Waals surface area contributed by atoms with E-state index in [2.05, 4.69) is 20.9 Å². The van der Waals surface area contributed by atoms with Gasteiger partial charge in [0, 0.05) is 4.47 Å². The summed E-state index contributed by atoms with van der Waals surface area (Å²) in [6, 6.07) is 1.74. The zero-order chi connectivity index (χ0) is 7.72. The number of hydrogen-bond donors (Lipinski definition) is 1. The molecule has 1 aromatic rings. The highest BCUT2D eigenvalue weighted by atomic mass is 79.9. The van der Waals surface area contributed by atoms with Crippen molar-refractivity contribution >= 4 is 33.3 Å². The normalized spacial score (nSPS) is 9.90. The molecule has 0 radical (unpaired) electrons. The maximum absolute atomic E-state index is 5.67. The van der Waals surface area contributed by atoms with E-state index < -0.39 is 0 Å². The molecule has 1 rings (SSSR count). The molecule has 2 N–H and O–H groups in total. The monoisotopic (exact) mass is 220 g/mol. The van der Waals surface area contributed by atoms with E-state index in [-0.39, 0.29) is 0 Å². The van der Waals surface area contributed by atoms with Crippen LogP contribution in [0.2, 0.25) is 5.02 Å². The van der Waals surface area contributed by atoms with Crippen molar-refractivity contribution in [2.45, 2.75) is 6.92 Å². The lowest BCUT2D eigenvalue weighted by Crippen LogP contribution is -1.93. The maximum Gasteiger partial charge on any atom is 0.142 e. The quantitative estimate of drug-likeness (QED) is 0.731. The Kier molecular flexibility index (Phi) is 2.16. The van der Waals surface area contributed by atoms with Crippen LogP contribution in [0, 0.1) is 6.92 Å². The van der Waals surface area contributed by atoms with Crippen LogP contribution < -0.4 is 5.73 Å². The van der Waals surface area contributed by atoms with Gasteiger partial charge in [-0.15, -0.1) is 0 Å². The number of nitrogen functional groups attached to an aromatic ring is 1.